The number of carbonyl (C=O) groups is 1. The summed E-state index contributed by atoms with van der Waals surface area (Å²) >= 11 is 5.90. The van der Waals surface area contributed by atoms with Crippen LogP contribution in [0.3, 0.4) is 0 Å². The molecule has 1 saturated carbocycles. The summed E-state index contributed by atoms with van der Waals surface area (Å²) in [4.78, 5) is 14.5. The van der Waals surface area contributed by atoms with Gasteiger partial charge in [0.05, 0.1) is 0 Å². The van der Waals surface area contributed by atoms with Crippen molar-refractivity contribution < 1.29 is 4.79 Å². The van der Waals surface area contributed by atoms with Crippen LogP contribution in [0.15, 0.2) is 24.3 Å². The van der Waals surface area contributed by atoms with Crippen LogP contribution in [0.1, 0.15) is 38.7 Å². The van der Waals surface area contributed by atoms with Gasteiger partial charge in [-0.05, 0) is 44.0 Å². The Labute approximate surface area is 126 Å². The molecule has 3 nitrogen and oxygen atoms in total. The molecule has 1 unspecified atom stereocenters. The van der Waals surface area contributed by atoms with Gasteiger partial charge in [-0.25, -0.2) is 0 Å². The van der Waals surface area contributed by atoms with Crippen LogP contribution in [0.25, 0.3) is 0 Å². The predicted molar refractivity (Wildman–Crippen MR) is 82.8 cm³/mol. The van der Waals surface area contributed by atoms with Crippen LogP contribution in [-0.4, -0.2) is 29.4 Å². The first-order chi connectivity index (χ1) is 9.60. The number of hydrogen-bond donors (Lipinski definition) is 1. The minimum atomic E-state index is 0.235. The normalized spacial score (nSPS) is 15.9. The van der Waals surface area contributed by atoms with E-state index in [1.54, 1.807) is 0 Å². The lowest BCUT2D eigenvalue weighted by atomic mass is 10.1. The van der Waals surface area contributed by atoms with Crippen LogP contribution >= 0.6 is 11.6 Å². The van der Waals surface area contributed by atoms with Crippen molar-refractivity contribution in [3.05, 3.63) is 34.9 Å². The first kappa shape index (κ1) is 15.3. The topological polar surface area (TPSA) is 32.3 Å². The van der Waals surface area contributed by atoms with Gasteiger partial charge in [0.25, 0.3) is 0 Å². The molecule has 1 fully saturated rings. The molecule has 0 aliphatic heterocycles. The van der Waals surface area contributed by atoms with Crippen molar-refractivity contribution in [1.29, 1.82) is 0 Å². The zero-order valence-corrected chi connectivity index (χ0v) is 13.0. The maximum Gasteiger partial charge on any atom is 0.224 e. The van der Waals surface area contributed by atoms with Gasteiger partial charge in [-0.3, -0.25) is 4.79 Å². The minimum Gasteiger partial charge on any atom is -0.335 e. The molecule has 1 aromatic rings. The van der Waals surface area contributed by atoms with Crippen molar-refractivity contribution in [2.75, 3.05) is 6.54 Å². The van der Waals surface area contributed by atoms with Gasteiger partial charge in [0.1, 0.15) is 0 Å². The van der Waals surface area contributed by atoms with Crippen LogP contribution in [0, 0.1) is 0 Å². The Morgan fingerprint density at radius 2 is 2.05 bits per heavy atom. The number of benzene rings is 1. The average molecular weight is 295 g/mol. The highest BCUT2D eigenvalue weighted by Gasteiger charge is 2.32. The van der Waals surface area contributed by atoms with E-state index in [9.17, 15) is 4.79 Å². The van der Waals surface area contributed by atoms with E-state index in [4.69, 9.17) is 11.6 Å². The molecule has 20 heavy (non-hydrogen) atoms. The molecule has 1 amide bonds. The highest BCUT2D eigenvalue weighted by molar-refractivity contribution is 6.30. The van der Waals surface area contributed by atoms with Gasteiger partial charge in [0, 0.05) is 30.1 Å². The van der Waals surface area contributed by atoms with E-state index in [1.807, 2.05) is 29.2 Å². The molecule has 0 saturated heterocycles. The number of rotatable bonds is 7. The lowest BCUT2D eigenvalue weighted by molar-refractivity contribution is -0.132. The summed E-state index contributed by atoms with van der Waals surface area (Å²) in [6, 6.07) is 8.43. The highest BCUT2D eigenvalue weighted by atomic mass is 35.5. The van der Waals surface area contributed by atoms with Crippen molar-refractivity contribution in [1.82, 2.24) is 10.2 Å². The molecule has 0 bridgehead atoms. The number of hydrogen-bond acceptors (Lipinski definition) is 2. The summed E-state index contributed by atoms with van der Waals surface area (Å²) in [5.74, 6) is 0.246. The zero-order valence-electron chi connectivity index (χ0n) is 12.2. The summed E-state index contributed by atoms with van der Waals surface area (Å²) in [7, 11) is 0. The molecular formula is C16H23ClN2O. The van der Waals surface area contributed by atoms with Crippen molar-refractivity contribution in [2.45, 2.75) is 51.7 Å². The molecule has 4 heteroatoms. The van der Waals surface area contributed by atoms with Gasteiger partial charge in [-0.15, -0.1) is 0 Å². The second kappa shape index (κ2) is 7.09. The van der Waals surface area contributed by atoms with E-state index < -0.39 is 0 Å². The van der Waals surface area contributed by atoms with Crippen molar-refractivity contribution >= 4 is 17.5 Å². The zero-order chi connectivity index (χ0) is 14.5. The van der Waals surface area contributed by atoms with Gasteiger partial charge in [0.2, 0.25) is 5.91 Å². The van der Waals surface area contributed by atoms with Gasteiger partial charge < -0.3 is 10.2 Å². The second-order valence-corrected chi connectivity index (χ2v) is 5.98. The Morgan fingerprint density at radius 1 is 1.40 bits per heavy atom. The van der Waals surface area contributed by atoms with Crippen molar-refractivity contribution in [3.8, 4) is 0 Å². The molecule has 0 spiro atoms. The van der Waals surface area contributed by atoms with Gasteiger partial charge in [-0.2, -0.15) is 0 Å². The van der Waals surface area contributed by atoms with E-state index >= 15 is 0 Å². The third-order valence-electron chi connectivity index (χ3n) is 3.61. The largest absolute Gasteiger partial charge is 0.335 e. The van der Waals surface area contributed by atoms with Gasteiger partial charge in [0.15, 0.2) is 0 Å². The molecule has 1 atom stereocenters. The van der Waals surface area contributed by atoms with E-state index in [-0.39, 0.29) is 11.9 Å². The third-order valence-corrected chi connectivity index (χ3v) is 3.86. The van der Waals surface area contributed by atoms with Gasteiger partial charge >= 0.3 is 0 Å². The third kappa shape index (κ3) is 4.50. The number of nitrogens with zero attached hydrogens (tertiary/aromatic N) is 1. The second-order valence-electron chi connectivity index (χ2n) is 5.54. The molecule has 110 valence electrons. The molecule has 0 heterocycles. The Hall–Kier alpha value is -1.06. The molecule has 0 aromatic heterocycles. The summed E-state index contributed by atoms with van der Waals surface area (Å²) in [6.45, 7) is 5.72. The van der Waals surface area contributed by atoms with Crippen LogP contribution in [-0.2, 0) is 11.3 Å². The maximum atomic E-state index is 12.4. The fourth-order valence-corrected chi connectivity index (χ4v) is 2.52. The maximum absolute atomic E-state index is 12.4. The average Bonchev–Trinajstić information content (AvgIpc) is 3.22. The summed E-state index contributed by atoms with van der Waals surface area (Å²) in [5.41, 5.74) is 1.14. The van der Waals surface area contributed by atoms with Crippen molar-refractivity contribution in [2.24, 2.45) is 0 Å². The van der Waals surface area contributed by atoms with E-state index in [2.05, 4.69) is 19.2 Å². The van der Waals surface area contributed by atoms with Crippen LogP contribution in [0.4, 0.5) is 0 Å². The molecule has 1 aliphatic carbocycles. The summed E-state index contributed by atoms with van der Waals surface area (Å²) < 4.78 is 0. The molecule has 1 aromatic carbocycles. The Morgan fingerprint density at radius 3 is 2.60 bits per heavy atom. The Kier molecular flexibility index (Phi) is 5.44. The lowest BCUT2D eigenvalue weighted by Crippen LogP contribution is -2.37. The Balaban J connectivity index is 1.96. The van der Waals surface area contributed by atoms with Crippen LogP contribution in [0.2, 0.25) is 5.02 Å². The Bertz CT molecular complexity index is 442. The number of amides is 1. The number of halogens is 1. The quantitative estimate of drug-likeness (QED) is 0.837. The SMILES string of the molecule is CCNC(C)CC(=O)N(Cc1ccc(Cl)cc1)C1CC1. The first-order valence-corrected chi connectivity index (χ1v) is 7.75. The number of nitrogens with one attached hydrogen (secondary N) is 1. The minimum absolute atomic E-state index is 0.235. The van der Waals surface area contributed by atoms with E-state index in [0.29, 0.717) is 19.0 Å². The smallest absolute Gasteiger partial charge is 0.224 e. The standard InChI is InChI=1S/C16H23ClN2O/c1-3-18-12(2)10-16(20)19(15-8-9-15)11-13-4-6-14(17)7-5-13/h4-7,12,15,18H,3,8-11H2,1-2H3. The molecule has 1 aliphatic rings. The fourth-order valence-electron chi connectivity index (χ4n) is 2.39. The van der Waals surface area contributed by atoms with E-state index in [1.165, 1.54) is 0 Å². The van der Waals surface area contributed by atoms with Crippen molar-refractivity contribution in [3.63, 3.8) is 0 Å². The molecular weight excluding hydrogens is 272 g/mol. The van der Waals surface area contributed by atoms with E-state index in [0.717, 1.165) is 30.0 Å². The summed E-state index contributed by atoms with van der Waals surface area (Å²) in [6.07, 6.45) is 2.84. The first-order valence-electron chi connectivity index (χ1n) is 7.37. The molecule has 0 radical (unpaired) electrons. The van der Waals surface area contributed by atoms with Crippen LogP contribution < -0.4 is 5.32 Å². The highest BCUT2D eigenvalue weighted by Crippen LogP contribution is 2.29. The summed E-state index contributed by atoms with van der Waals surface area (Å²) in [5, 5.41) is 4.03. The molecule has 2 rings (SSSR count). The predicted octanol–water partition coefficient (Wildman–Crippen LogP) is 3.22. The molecule has 1 N–H and O–H groups in total. The number of carbonyl (C=O) groups excluding carboxylic acids is 1. The fraction of sp³-hybridized carbons (Fsp3) is 0.562. The lowest BCUT2D eigenvalue weighted by Gasteiger charge is -2.24. The monoisotopic (exact) mass is 294 g/mol. The van der Waals surface area contributed by atoms with Gasteiger partial charge in [-0.1, -0.05) is 30.7 Å². The van der Waals surface area contributed by atoms with Crippen LogP contribution in [0.5, 0.6) is 0 Å².